The molecule has 2 aromatic heterocycles. The number of para-hydroxylation sites is 4. The van der Waals surface area contributed by atoms with Gasteiger partial charge < -0.3 is 9.13 Å². The molecule has 0 saturated heterocycles. The molecule has 0 bridgehead atoms. The third-order valence-corrected chi connectivity index (χ3v) is 8.84. The summed E-state index contributed by atoms with van der Waals surface area (Å²) in [6, 6.07) is 53.4. The Hall–Kier alpha value is -5.08. The second-order valence-electron chi connectivity index (χ2n) is 11.3. The van der Waals surface area contributed by atoms with Crippen molar-refractivity contribution in [3.05, 3.63) is 157 Å². The molecule has 0 fully saturated rings. The number of fused-ring (bicyclic) bond motifs is 6. The Morgan fingerprint density at radius 3 is 1.02 bits per heavy atom. The van der Waals surface area contributed by atoms with E-state index in [1.807, 2.05) is 0 Å². The molecule has 0 amide bonds. The maximum Gasteiger partial charge on any atom is 0.0541 e. The summed E-state index contributed by atoms with van der Waals surface area (Å²) in [4.78, 5) is 0. The molecule has 0 aliphatic heterocycles. The Balaban J connectivity index is 1.17. The summed E-state index contributed by atoms with van der Waals surface area (Å²) in [6.07, 6.45) is 2.25. The van der Waals surface area contributed by atoms with Gasteiger partial charge in [-0.05, 0) is 66.1 Å². The number of hydrogen-bond donors (Lipinski definition) is 0. The highest BCUT2D eigenvalue weighted by Gasteiger charge is 2.17. The van der Waals surface area contributed by atoms with Gasteiger partial charge in [-0.1, -0.05) is 110 Å². The fourth-order valence-corrected chi connectivity index (χ4v) is 6.93. The van der Waals surface area contributed by atoms with Crippen molar-refractivity contribution in [3.8, 4) is 11.4 Å². The Bertz CT molecular complexity index is 1930. The van der Waals surface area contributed by atoms with Crippen LogP contribution in [0.25, 0.3) is 55.0 Å². The molecule has 8 aromatic rings. The molecule has 8 rings (SSSR count). The lowest BCUT2D eigenvalue weighted by molar-refractivity contribution is 0.698. The smallest absolute Gasteiger partial charge is 0.0541 e. The predicted octanol–water partition coefficient (Wildman–Crippen LogP) is 10.8. The van der Waals surface area contributed by atoms with Crippen molar-refractivity contribution in [2.45, 2.75) is 25.7 Å². The molecule has 0 unspecified atom stereocenters. The summed E-state index contributed by atoms with van der Waals surface area (Å²) in [5.41, 5.74) is 10.1. The molecular weight excluding hydrogens is 508 g/mol. The first-order valence-corrected chi connectivity index (χ1v) is 15.0. The van der Waals surface area contributed by atoms with Crippen molar-refractivity contribution in [3.63, 3.8) is 0 Å². The van der Waals surface area contributed by atoms with Gasteiger partial charge in [-0.3, -0.25) is 0 Å². The van der Waals surface area contributed by atoms with Crippen LogP contribution in [0.5, 0.6) is 0 Å². The average molecular weight is 541 g/mol. The number of hydrogen-bond acceptors (Lipinski definition) is 0. The lowest BCUT2D eigenvalue weighted by Gasteiger charge is -2.19. The summed E-state index contributed by atoms with van der Waals surface area (Å²) in [5, 5.41) is 5.18. The predicted molar refractivity (Wildman–Crippen MR) is 178 cm³/mol. The van der Waals surface area contributed by atoms with Crippen molar-refractivity contribution >= 4 is 43.6 Å². The molecule has 0 aliphatic rings. The minimum atomic E-state index is 0.356. The quantitative estimate of drug-likeness (QED) is 0.198. The topological polar surface area (TPSA) is 9.86 Å². The molecule has 0 N–H and O–H groups in total. The van der Waals surface area contributed by atoms with E-state index < -0.39 is 0 Å². The Morgan fingerprint density at radius 1 is 0.405 bits per heavy atom. The molecule has 0 aliphatic carbocycles. The van der Waals surface area contributed by atoms with Gasteiger partial charge in [0.1, 0.15) is 0 Å². The summed E-state index contributed by atoms with van der Waals surface area (Å²) >= 11 is 0. The van der Waals surface area contributed by atoms with E-state index in [0.717, 1.165) is 12.8 Å². The van der Waals surface area contributed by atoms with Crippen molar-refractivity contribution < 1.29 is 0 Å². The monoisotopic (exact) mass is 540 g/mol. The highest BCUT2D eigenvalue weighted by Crippen LogP contribution is 2.36. The van der Waals surface area contributed by atoms with Crippen LogP contribution in [-0.4, -0.2) is 9.13 Å². The molecule has 202 valence electrons. The van der Waals surface area contributed by atoms with Gasteiger partial charge in [-0.25, -0.2) is 0 Å². The van der Waals surface area contributed by atoms with Crippen LogP contribution in [0.15, 0.2) is 146 Å². The SMILES string of the molecule is CCCC(c1ccc(-n2c3ccccc3c3ccccc32)cc1)c1ccc(-n2c3ccccc3c3ccccc32)cc1. The van der Waals surface area contributed by atoms with Gasteiger partial charge in [0, 0.05) is 38.8 Å². The zero-order valence-electron chi connectivity index (χ0n) is 23.7. The van der Waals surface area contributed by atoms with Crippen LogP contribution < -0.4 is 0 Å². The largest absolute Gasteiger partial charge is 0.309 e. The zero-order chi connectivity index (χ0) is 28.0. The van der Waals surface area contributed by atoms with Crippen molar-refractivity contribution in [1.82, 2.24) is 9.13 Å². The van der Waals surface area contributed by atoms with E-state index in [-0.39, 0.29) is 0 Å². The van der Waals surface area contributed by atoms with Crippen molar-refractivity contribution in [2.24, 2.45) is 0 Å². The number of rotatable bonds is 6. The second-order valence-corrected chi connectivity index (χ2v) is 11.3. The van der Waals surface area contributed by atoms with Gasteiger partial charge in [-0.15, -0.1) is 0 Å². The summed E-state index contributed by atoms with van der Waals surface area (Å²) in [7, 11) is 0. The lowest BCUT2D eigenvalue weighted by Crippen LogP contribution is -2.03. The molecule has 2 heterocycles. The second kappa shape index (κ2) is 10.1. The summed E-state index contributed by atoms with van der Waals surface area (Å²) in [5.74, 6) is 0.356. The minimum absolute atomic E-state index is 0.356. The highest BCUT2D eigenvalue weighted by molar-refractivity contribution is 6.10. The fourth-order valence-electron chi connectivity index (χ4n) is 6.93. The molecule has 0 atom stereocenters. The van der Waals surface area contributed by atoms with Gasteiger partial charge in [0.25, 0.3) is 0 Å². The van der Waals surface area contributed by atoms with Crippen LogP contribution in [0.2, 0.25) is 0 Å². The maximum atomic E-state index is 2.39. The molecule has 2 nitrogen and oxygen atoms in total. The normalized spacial score (nSPS) is 11.9. The number of nitrogens with zero attached hydrogens (tertiary/aromatic N) is 2. The number of benzene rings is 6. The minimum Gasteiger partial charge on any atom is -0.309 e. The van der Waals surface area contributed by atoms with Crippen molar-refractivity contribution in [1.29, 1.82) is 0 Å². The van der Waals surface area contributed by atoms with E-state index in [9.17, 15) is 0 Å². The van der Waals surface area contributed by atoms with Crippen LogP contribution in [0.3, 0.4) is 0 Å². The first kappa shape index (κ1) is 24.7. The fraction of sp³-hybridized carbons (Fsp3) is 0.100. The van der Waals surface area contributed by atoms with E-state index in [4.69, 9.17) is 0 Å². The standard InChI is InChI=1S/C40H32N2/c1-2-11-32(28-20-24-30(25-21-28)41-37-16-7-3-12-33(37)34-13-4-8-17-38(34)41)29-22-26-31(27-23-29)42-39-18-9-5-14-35(39)36-15-6-10-19-40(36)42/h3-10,12-27,32H,2,11H2,1H3. The van der Waals surface area contributed by atoms with Gasteiger partial charge in [0.2, 0.25) is 0 Å². The molecule has 0 saturated carbocycles. The van der Waals surface area contributed by atoms with Gasteiger partial charge in [0.15, 0.2) is 0 Å². The van der Waals surface area contributed by atoms with Gasteiger partial charge in [-0.2, -0.15) is 0 Å². The zero-order valence-corrected chi connectivity index (χ0v) is 23.7. The van der Waals surface area contributed by atoms with Gasteiger partial charge >= 0.3 is 0 Å². The van der Waals surface area contributed by atoms with Crippen molar-refractivity contribution in [2.75, 3.05) is 0 Å². The van der Waals surface area contributed by atoms with Crippen LogP contribution in [0.4, 0.5) is 0 Å². The summed E-state index contributed by atoms with van der Waals surface area (Å²) in [6.45, 7) is 2.28. The maximum absolute atomic E-state index is 2.39. The lowest BCUT2D eigenvalue weighted by atomic mass is 9.87. The molecular formula is C40H32N2. The Labute approximate surface area is 246 Å². The van der Waals surface area contributed by atoms with Crippen LogP contribution in [0.1, 0.15) is 36.8 Å². The molecule has 6 aromatic carbocycles. The molecule has 42 heavy (non-hydrogen) atoms. The highest BCUT2D eigenvalue weighted by atomic mass is 15.0. The molecule has 2 heteroatoms. The van der Waals surface area contributed by atoms with E-state index in [2.05, 4.69) is 162 Å². The van der Waals surface area contributed by atoms with E-state index >= 15 is 0 Å². The first-order valence-electron chi connectivity index (χ1n) is 15.0. The summed E-state index contributed by atoms with van der Waals surface area (Å²) < 4.78 is 4.79. The third kappa shape index (κ3) is 3.87. The third-order valence-electron chi connectivity index (χ3n) is 8.84. The Morgan fingerprint density at radius 2 is 0.714 bits per heavy atom. The Kier molecular flexibility index (Phi) is 5.93. The number of aromatic nitrogens is 2. The van der Waals surface area contributed by atoms with E-state index in [0.29, 0.717) is 5.92 Å². The van der Waals surface area contributed by atoms with Crippen LogP contribution in [0, 0.1) is 0 Å². The van der Waals surface area contributed by atoms with Crippen LogP contribution in [-0.2, 0) is 0 Å². The average Bonchev–Trinajstić information content (AvgIpc) is 3.57. The molecule has 0 radical (unpaired) electrons. The van der Waals surface area contributed by atoms with Gasteiger partial charge in [0.05, 0.1) is 22.1 Å². The van der Waals surface area contributed by atoms with E-state index in [1.54, 1.807) is 0 Å². The van der Waals surface area contributed by atoms with Crippen LogP contribution >= 0.6 is 0 Å². The molecule has 0 spiro atoms. The van der Waals surface area contributed by atoms with E-state index in [1.165, 1.54) is 66.1 Å². The first-order chi connectivity index (χ1) is 20.8.